The highest BCUT2D eigenvalue weighted by atomic mass is 16.3. The molecule has 15 heavy (non-hydrogen) atoms. The van der Waals surface area contributed by atoms with E-state index in [0.29, 0.717) is 12.5 Å². The Morgan fingerprint density at radius 1 is 1.53 bits per heavy atom. The highest BCUT2D eigenvalue weighted by Crippen LogP contribution is 2.32. The third-order valence-electron chi connectivity index (χ3n) is 3.10. The van der Waals surface area contributed by atoms with E-state index in [1.807, 2.05) is 13.8 Å². The summed E-state index contributed by atoms with van der Waals surface area (Å²) < 4.78 is 0. The van der Waals surface area contributed by atoms with Gasteiger partial charge in [-0.1, -0.05) is 0 Å². The van der Waals surface area contributed by atoms with E-state index in [2.05, 4.69) is 15.5 Å². The van der Waals surface area contributed by atoms with Crippen molar-refractivity contribution in [1.82, 2.24) is 15.5 Å². The molecular formula is C11H19N3O. The van der Waals surface area contributed by atoms with Crippen molar-refractivity contribution in [3.8, 4) is 0 Å². The van der Waals surface area contributed by atoms with Gasteiger partial charge in [0.2, 0.25) is 0 Å². The van der Waals surface area contributed by atoms with E-state index in [-0.39, 0.29) is 6.10 Å². The first-order valence-electron chi connectivity index (χ1n) is 5.57. The maximum Gasteiger partial charge on any atom is 0.0692 e. The molecule has 0 aromatic carbocycles. The van der Waals surface area contributed by atoms with Gasteiger partial charge in [-0.2, -0.15) is 5.10 Å². The number of H-pyrrole nitrogens is 1. The fourth-order valence-electron chi connectivity index (χ4n) is 1.83. The zero-order valence-electron chi connectivity index (χ0n) is 9.38. The van der Waals surface area contributed by atoms with Crippen LogP contribution in [-0.2, 0) is 6.54 Å². The second kappa shape index (κ2) is 4.33. The van der Waals surface area contributed by atoms with Gasteiger partial charge >= 0.3 is 0 Å². The molecule has 1 fully saturated rings. The van der Waals surface area contributed by atoms with Gasteiger partial charge in [-0.25, -0.2) is 0 Å². The largest absolute Gasteiger partial charge is 0.392 e. The molecule has 1 unspecified atom stereocenters. The van der Waals surface area contributed by atoms with Crippen LogP contribution in [0.3, 0.4) is 0 Å². The lowest BCUT2D eigenvalue weighted by Gasteiger charge is -2.10. The van der Waals surface area contributed by atoms with Gasteiger partial charge in [0.15, 0.2) is 0 Å². The van der Waals surface area contributed by atoms with E-state index in [9.17, 15) is 5.11 Å². The molecule has 1 heterocycles. The van der Waals surface area contributed by atoms with Crippen molar-refractivity contribution < 1.29 is 5.11 Å². The van der Waals surface area contributed by atoms with E-state index >= 15 is 0 Å². The number of aryl methyl sites for hydroxylation is 2. The molecule has 0 bridgehead atoms. The summed E-state index contributed by atoms with van der Waals surface area (Å²) in [6, 6.07) is 0. The maximum absolute atomic E-state index is 9.67. The molecule has 1 atom stereocenters. The minimum absolute atomic E-state index is 0.169. The number of rotatable bonds is 5. The summed E-state index contributed by atoms with van der Waals surface area (Å²) in [5, 5.41) is 20.0. The van der Waals surface area contributed by atoms with Crippen molar-refractivity contribution in [2.45, 2.75) is 39.3 Å². The van der Waals surface area contributed by atoms with Gasteiger partial charge in [0.25, 0.3) is 0 Å². The minimum atomic E-state index is -0.169. The fraction of sp³-hybridized carbons (Fsp3) is 0.727. The Morgan fingerprint density at radius 2 is 2.27 bits per heavy atom. The van der Waals surface area contributed by atoms with Crippen LogP contribution in [0.2, 0.25) is 0 Å². The van der Waals surface area contributed by atoms with Crippen LogP contribution in [0.4, 0.5) is 0 Å². The summed E-state index contributed by atoms with van der Waals surface area (Å²) in [7, 11) is 0. The molecule has 2 rings (SSSR count). The van der Waals surface area contributed by atoms with Crippen LogP contribution >= 0.6 is 0 Å². The van der Waals surface area contributed by atoms with Crippen molar-refractivity contribution in [2.24, 2.45) is 5.92 Å². The van der Waals surface area contributed by atoms with Crippen molar-refractivity contribution in [3.63, 3.8) is 0 Å². The molecule has 0 aliphatic heterocycles. The van der Waals surface area contributed by atoms with Crippen LogP contribution in [0, 0.1) is 19.8 Å². The molecule has 84 valence electrons. The standard InChI is InChI=1S/C11H19N3O/c1-7-10(8(2)14-13-7)5-12-6-11(15)9-3-4-9/h9,11-12,15H,3-6H2,1-2H3,(H,13,14). The second-order valence-electron chi connectivity index (χ2n) is 4.45. The predicted octanol–water partition coefficient (Wildman–Crippen LogP) is 0.887. The van der Waals surface area contributed by atoms with Crippen LogP contribution in [0.25, 0.3) is 0 Å². The molecule has 3 N–H and O–H groups in total. The average molecular weight is 209 g/mol. The summed E-state index contributed by atoms with van der Waals surface area (Å²) in [6.45, 7) is 5.50. The van der Waals surface area contributed by atoms with Crippen LogP contribution < -0.4 is 5.32 Å². The van der Waals surface area contributed by atoms with Crippen molar-refractivity contribution in [1.29, 1.82) is 0 Å². The minimum Gasteiger partial charge on any atom is -0.392 e. The van der Waals surface area contributed by atoms with Gasteiger partial charge in [-0.05, 0) is 32.6 Å². The molecule has 4 heteroatoms. The molecule has 4 nitrogen and oxygen atoms in total. The Bertz CT molecular complexity index is 311. The number of aromatic amines is 1. The molecule has 0 spiro atoms. The third-order valence-corrected chi connectivity index (χ3v) is 3.10. The Balaban J connectivity index is 1.77. The predicted molar refractivity (Wildman–Crippen MR) is 58.5 cm³/mol. The third kappa shape index (κ3) is 2.58. The Kier molecular flexibility index (Phi) is 3.07. The Labute approximate surface area is 90.1 Å². The number of aliphatic hydroxyl groups excluding tert-OH is 1. The molecule has 1 aromatic heterocycles. The SMILES string of the molecule is Cc1n[nH]c(C)c1CNCC(O)C1CC1. The van der Waals surface area contributed by atoms with E-state index in [1.165, 1.54) is 18.4 Å². The lowest BCUT2D eigenvalue weighted by molar-refractivity contribution is 0.148. The van der Waals surface area contributed by atoms with Gasteiger partial charge in [-0.15, -0.1) is 0 Å². The summed E-state index contributed by atoms with van der Waals surface area (Å²) in [5.41, 5.74) is 3.37. The first kappa shape index (κ1) is 10.6. The van der Waals surface area contributed by atoms with Crippen molar-refractivity contribution >= 4 is 0 Å². The van der Waals surface area contributed by atoms with E-state index in [1.54, 1.807) is 0 Å². The molecule has 1 aliphatic carbocycles. The summed E-state index contributed by atoms with van der Waals surface area (Å²) in [5.74, 6) is 0.545. The summed E-state index contributed by atoms with van der Waals surface area (Å²) in [4.78, 5) is 0. The number of hydrogen-bond donors (Lipinski definition) is 3. The Morgan fingerprint density at radius 3 is 2.80 bits per heavy atom. The quantitative estimate of drug-likeness (QED) is 0.675. The first-order chi connectivity index (χ1) is 7.18. The van der Waals surface area contributed by atoms with Crippen LogP contribution in [0.15, 0.2) is 0 Å². The molecule has 0 saturated heterocycles. The summed E-state index contributed by atoms with van der Waals surface area (Å²) >= 11 is 0. The van der Waals surface area contributed by atoms with Gasteiger partial charge in [0, 0.05) is 24.3 Å². The topological polar surface area (TPSA) is 60.9 Å². The van der Waals surface area contributed by atoms with E-state index in [0.717, 1.165) is 17.9 Å². The van der Waals surface area contributed by atoms with Crippen molar-refractivity contribution in [3.05, 3.63) is 17.0 Å². The lowest BCUT2D eigenvalue weighted by Crippen LogP contribution is -2.28. The molecule has 1 saturated carbocycles. The molecular weight excluding hydrogens is 190 g/mol. The molecule has 1 aromatic rings. The highest BCUT2D eigenvalue weighted by Gasteiger charge is 2.29. The number of nitrogens with zero attached hydrogens (tertiary/aromatic N) is 1. The van der Waals surface area contributed by atoms with Gasteiger partial charge < -0.3 is 10.4 Å². The molecule has 0 radical (unpaired) electrons. The first-order valence-corrected chi connectivity index (χ1v) is 5.57. The molecule has 0 amide bonds. The van der Waals surface area contributed by atoms with E-state index in [4.69, 9.17) is 0 Å². The van der Waals surface area contributed by atoms with Gasteiger partial charge in [-0.3, -0.25) is 5.10 Å². The zero-order valence-corrected chi connectivity index (χ0v) is 9.38. The van der Waals surface area contributed by atoms with Crippen LogP contribution in [0.1, 0.15) is 29.8 Å². The number of hydrogen-bond acceptors (Lipinski definition) is 3. The van der Waals surface area contributed by atoms with Crippen molar-refractivity contribution in [2.75, 3.05) is 6.54 Å². The fourth-order valence-corrected chi connectivity index (χ4v) is 1.83. The van der Waals surface area contributed by atoms with E-state index < -0.39 is 0 Å². The number of aromatic nitrogens is 2. The van der Waals surface area contributed by atoms with Gasteiger partial charge in [0.1, 0.15) is 0 Å². The second-order valence-corrected chi connectivity index (χ2v) is 4.45. The highest BCUT2D eigenvalue weighted by molar-refractivity contribution is 5.22. The monoisotopic (exact) mass is 209 g/mol. The summed E-state index contributed by atoms with van der Waals surface area (Å²) in [6.07, 6.45) is 2.21. The normalized spacial score (nSPS) is 18.1. The average Bonchev–Trinajstić information content (AvgIpc) is 2.99. The maximum atomic E-state index is 9.67. The van der Waals surface area contributed by atoms with Crippen LogP contribution in [0.5, 0.6) is 0 Å². The smallest absolute Gasteiger partial charge is 0.0692 e. The molecule has 1 aliphatic rings. The van der Waals surface area contributed by atoms with Gasteiger partial charge in [0.05, 0.1) is 11.8 Å². The van der Waals surface area contributed by atoms with Crippen LogP contribution in [-0.4, -0.2) is 28.0 Å². The Hall–Kier alpha value is -0.870. The lowest BCUT2D eigenvalue weighted by atomic mass is 10.2. The number of aliphatic hydroxyl groups is 1. The number of nitrogens with one attached hydrogen (secondary N) is 2. The zero-order chi connectivity index (χ0) is 10.8.